The Morgan fingerprint density at radius 1 is 1.57 bits per heavy atom. The largest absolute Gasteiger partial charge is 0.477 e. The second kappa shape index (κ2) is 3.54. The van der Waals surface area contributed by atoms with Crippen molar-refractivity contribution in [2.24, 2.45) is 11.3 Å². The van der Waals surface area contributed by atoms with Gasteiger partial charge in [-0.1, -0.05) is 13.8 Å². The number of aromatic nitrogens is 1. The number of ether oxygens (including phenoxy) is 1. The summed E-state index contributed by atoms with van der Waals surface area (Å²) in [7, 11) is 0. The van der Waals surface area contributed by atoms with E-state index in [1.54, 1.807) is 6.20 Å². The molecule has 1 aromatic rings. The van der Waals surface area contributed by atoms with E-state index in [1.807, 2.05) is 12.1 Å². The van der Waals surface area contributed by atoms with Crippen molar-refractivity contribution >= 4 is 15.9 Å². The molecule has 0 aromatic carbocycles. The molecule has 2 rings (SSSR count). The quantitative estimate of drug-likeness (QED) is 0.828. The van der Waals surface area contributed by atoms with Crippen LogP contribution in [0.1, 0.15) is 20.3 Å². The molecule has 1 aliphatic rings. The van der Waals surface area contributed by atoms with E-state index >= 15 is 0 Å². The van der Waals surface area contributed by atoms with Crippen molar-refractivity contribution in [3.05, 3.63) is 22.8 Å². The number of hydrogen-bond donors (Lipinski definition) is 0. The van der Waals surface area contributed by atoms with Crippen LogP contribution in [0, 0.1) is 11.3 Å². The van der Waals surface area contributed by atoms with E-state index in [4.69, 9.17) is 4.74 Å². The standard InChI is InChI=1S/C11H14BrNO/c1-11(2)5-8(11)7-14-10-4-3-9(12)6-13-10/h3-4,6,8H,5,7H2,1-2H3. The van der Waals surface area contributed by atoms with Gasteiger partial charge in [-0.05, 0) is 39.8 Å². The Labute approximate surface area is 92.8 Å². The van der Waals surface area contributed by atoms with Crippen LogP contribution in [0.25, 0.3) is 0 Å². The Hall–Kier alpha value is -0.570. The lowest BCUT2D eigenvalue weighted by Crippen LogP contribution is -2.04. The van der Waals surface area contributed by atoms with E-state index in [1.165, 1.54) is 6.42 Å². The highest BCUT2D eigenvalue weighted by Gasteiger charge is 2.45. The van der Waals surface area contributed by atoms with Gasteiger partial charge in [-0.3, -0.25) is 0 Å². The van der Waals surface area contributed by atoms with Crippen LogP contribution in [-0.2, 0) is 0 Å². The minimum Gasteiger partial charge on any atom is -0.477 e. The predicted octanol–water partition coefficient (Wildman–Crippen LogP) is 3.27. The number of nitrogens with zero attached hydrogens (tertiary/aromatic N) is 1. The predicted molar refractivity (Wildman–Crippen MR) is 59.3 cm³/mol. The molecule has 1 aromatic heterocycles. The van der Waals surface area contributed by atoms with Crippen molar-refractivity contribution in [3.63, 3.8) is 0 Å². The van der Waals surface area contributed by atoms with Crippen LogP contribution in [-0.4, -0.2) is 11.6 Å². The third kappa shape index (κ3) is 2.27. The molecule has 2 nitrogen and oxygen atoms in total. The topological polar surface area (TPSA) is 22.1 Å². The molecular formula is C11H14BrNO. The Morgan fingerprint density at radius 2 is 2.29 bits per heavy atom. The molecule has 76 valence electrons. The monoisotopic (exact) mass is 255 g/mol. The van der Waals surface area contributed by atoms with Gasteiger partial charge in [0.1, 0.15) is 0 Å². The number of hydrogen-bond acceptors (Lipinski definition) is 2. The number of pyridine rings is 1. The van der Waals surface area contributed by atoms with Gasteiger partial charge in [-0.2, -0.15) is 0 Å². The van der Waals surface area contributed by atoms with Crippen molar-refractivity contribution in [1.29, 1.82) is 0 Å². The Morgan fingerprint density at radius 3 is 2.79 bits per heavy atom. The molecule has 1 fully saturated rings. The summed E-state index contributed by atoms with van der Waals surface area (Å²) >= 11 is 3.34. The summed E-state index contributed by atoms with van der Waals surface area (Å²) in [6, 6.07) is 3.83. The minimum absolute atomic E-state index is 0.482. The molecule has 1 unspecified atom stereocenters. The molecule has 0 bridgehead atoms. The van der Waals surface area contributed by atoms with Gasteiger partial charge >= 0.3 is 0 Å². The first kappa shape index (κ1) is 9.97. The normalized spacial score (nSPS) is 23.2. The summed E-state index contributed by atoms with van der Waals surface area (Å²) in [6.45, 7) is 5.34. The first-order chi connectivity index (χ1) is 6.58. The minimum atomic E-state index is 0.482. The van der Waals surface area contributed by atoms with Crippen molar-refractivity contribution in [1.82, 2.24) is 4.98 Å². The fraction of sp³-hybridized carbons (Fsp3) is 0.545. The van der Waals surface area contributed by atoms with E-state index in [-0.39, 0.29) is 0 Å². The Balaban J connectivity index is 1.84. The molecule has 14 heavy (non-hydrogen) atoms. The molecule has 0 N–H and O–H groups in total. The van der Waals surface area contributed by atoms with Gasteiger partial charge in [0.25, 0.3) is 0 Å². The fourth-order valence-electron chi connectivity index (χ4n) is 1.49. The third-order valence-electron chi connectivity index (χ3n) is 2.85. The van der Waals surface area contributed by atoms with Crippen LogP contribution in [0.3, 0.4) is 0 Å². The zero-order valence-corrected chi connectivity index (χ0v) is 10.0. The SMILES string of the molecule is CC1(C)CC1COc1ccc(Br)cn1. The van der Waals surface area contributed by atoms with E-state index in [0.717, 1.165) is 17.0 Å². The van der Waals surface area contributed by atoms with E-state index in [0.29, 0.717) is 11.3 Å². The zero-order chi connectivity index (χ0) is 10.2. The maximum absolute atomic E-state index is 5.59. The molecule has 0 saturated heterocycles. The first-order valence-corrected chi connectivity index (χ1v) is 5.61. The smallest absolute Gasteiger partial charge is 0.213 e. The fourth-order valence-corrected chi connectivity index (χ4v) is 1.73. The lowest BCUT2D eigenvalue weighted by atomic mass is 10.1. The van der Waals surface area contributed by atoms with Crippen molar-refractivity contribution in [3.8, 4) is 5.88 Å². The second-order valence-corrected chi connectivity index (χ2v) is 5.43. The van der Waals surface area contributed by atoms with Gasteiger partial charge in [-0.15, -0.1) is 0 Å². The van der Waals surface area contributed by atoms with Crippen LogP contribution in [0.4, 0.5) is 0 Å². The van der Waals surface area contributed by atoms with Crippen molar-refractivity contribution < 1.29 is 4.74 Å². The molecule has 3 heteroatoms. The van der Waals surface area contributed by atoms with Gasteiger partial charge in [0, 0.05) is 16.7 Å². The van der Waals surface area contributed by atoms with Crippen molar-refractivity contribution in [2.45, 2.75) is 20.3 Å². The molecule has 0 spiro atoms. The van der Waals surface area contributed by atoms with Crippen LogP contribution in [0.5, 0.6) is 5.88 Å². The summed E-state index contributed by atoms with van der Waals surface area (Å²) in [5.74, 6) is 1.42. The summed E-state index contributed by atoms with van der Waals surface area (Å²) < 4.78 is 6.57. The van der Waals surface area contributed by atoms with Crippen LogP contribution >= 0.6 is 15.9 Å². The second-order valence-electron chi connectivity index (χ2n) is 4.52. The van der Waals surface area contributed by atoms with Gasteiger partial charge in [-0.25, -0.2) is 4.98 Å². The molecular weight excluding hydrogens is 242 g/mol. The van der Waals surface area contributed by atoms with Gasteiger partial charge in [0.05, 0.1) is 6.61 Å². The third-order valence-corrected chi connectivity index (χ3v) is 3.32. The first-order valence-electron chi connectivity index (χ1n) is 4.82. The maximum Gasteiger partial charge on any atom is 0.213 e. The number of halogens is 1. The zero-order valence-electron chi connectivity index (χ0n) is 8.46. The highest BCUT2D eigenvalue weighted by Crippen LogP contribution is 2.51. The molecule has 1 heterocycles. The molecule has 1 saturated carbocycles. The van der Waals surface area contributed by atoms with E-state index in [2.05, 4.69) is 34.8 Å². The molecule has 0 amide bonds. The van der Waals surface area contributed by atoms with E-state index in [9.17, 15) is 0 Å². The van der Waals surface area contributed by atoms with E-state index < -0.39 is 0 Å². The molecule has 0 radical (unpaired) electrons. The number of rotatable bonds is 3. The Kier molecular flexibility index (Phi) is 2.52. The van der Waals surface area contributed by atoms with Crippen molar-refractivity contribution in [2.75, 3.05) is 6.61 Å². The molecule has 1 atom stereocenters. The highest BCUT2D eigenvalue weighted by atomic mass is 79.9. The molecule has 1 aliphatic carbocycles. The highest BCUT2D eigenvalue weighted by molar-refractivity contribution is 9.10. The van der Waals surface area contributed by atoms with Gasteiger partial charge < -0.3 is 4.74 Å². The summed E-state index contributed by atoms with van der Waals surface area (Å²) in [6.07, 6.45) is 3.02. The lowest BCUT2D eigenvalue weighted by Gasteiger charge is -2.06. The average Bonchev–Trinajstić information content (AvgIpc) is 2.73. The lowest BCUT2D eigenvalue weighted by molar-refractivity contribution is 0.270. The van der Waals surface area contributed by atoms with Crippen LogP contribution in [0.2, 0.25) is 0 Å². The molecule has 0 aliphatic heterocycles. The van der Waals surface area contributed by atoms with Gasteiger partial charge in [0.2, 0.25) is 5.88 Å². The summed E-state index contributed by atoms with van der Waals surface area (Å²) in [4.78, 5) is 4.16. The van der Waals surface area contributed by atoms with Crippen LogP contribution in [0.15, 0.2) is 22.8 Å². The van der Waals surface area contributed by atoms with Crippen LogP contribution < -0.4 is 4.74 Å². The maximum atomic E-state index is 5.59. The Bertz CT molecular complexity index is 321. The summed E-state index contributed by atoms with van der Waals surface area (Å²) in [5, 5.41) is 0. The summed E-state index contributed by atoms with van der Waals surface area (Å²) in [5.41, 5.74) is 0.482. The van der Waals surface area contributed by atoms with Gasteiger partial charge in [0.15, 0.2) is 0 Å². The average molecular weight is 256 g/mol.